The van der Waals surface area contributed by atoms with Crippen molar-refractivity contribution in [2.45, 2.75) is 32.2 Å². The molecule has 1 aliphatic rings. The molecule has 1 aliphatic carbocycles. The highest BCUT2D eigenvalue weighted by Crippen LogP contribution is 2.44. The van der Waals surface area contributed by atoms with Gasteiger partial charge in [0.05, 0.1) is 0 Å². The first-order valence-electron chi connectivity index (χ1n) is 9.22. The highest BCUT2D eigenvalue weighted by molar-refractivity contribution is 5.79. The van der Waals surface area contributed by atoms with Crippen molar-refractivity contribution in [1.82, 2.24) is 5.32 Å². The quantitative estimate of drug-likeness (QED) is 0.413. The maximum atomic E-state index is 12.3. The molecular weight excluding hydrogens is 340 g/mol. The molecule has 140 valence electrons. The van der Waals surface area contributed by atoms with E-state index in [0.29, 0.717) is 5.92 Å². The Morgan fingerprint density at radius 1 is 1.15 bits per heavy atom. The number of alkyl carbamates (subject to hydrolysis) is 1. The fourth-order valence-electron chi connectivity index (χ4n) is 3.69. The minimum absolute atomic E-state index is 0.0313. The molecule has 0 saturated carbocycles. The Balaban J connectivity index is 1.67. The maximum Gasteiger partial charge on any atom is 0.407 e. The van der Waals surface area contributed by atoms with Crippen LogP contribution in [0.25, 0.3) is 21.6 Å². The lowest BCUT2D eigenvalue weighted by Crippen LogP contribution is -2.38. The molecule has 0 aromatic heterocycles. The van der Waals surface area contributed by atoms with Crippen LogP contribution in [-0.2, 0) is 4.74 Å². The predicted octanol–water partition coefficient (Wildman–Crippen LogP) is 5.25. The molecule has 6 heteroatoms. The Kier molecular flexibility index (Phi) is 5.99. The van der Waals surface area contributed by atoms with Crippen molar-refractivity contribution >= 4 is 6.09 Å². The van der Waals surface area contributed by atoms with E-state index < -0.39 is 6.09 Å². The minimum Gasteiger partial charge on any atom is -0.449 e. The minimum atomic E-state index is -0.476. The number of ether oxygens (including phenoxy) is 1. The molecule has 0 aliphatic heterocycles. The Morgan fingerprint density at radius 3 is 2.30 bits per heavy atom. The van der Waals surface area contributed by atoms with Crippen LogP contribution in [0.5, 0.6) is 0 Å². The largest absolute Gasteiger partial charge is 0.449 e. The van der Waals surface area contributed by atoms with E-state index in [9.17, 15) is 4.79 Å². The number of carbonyl (C=O) groups excluding carboxylic acids is 1. The van der Waals surface area contributed by atoms with Crippen LogP contribution in [0.4, 0.5) is 4.79 Å². The van der Waals surface area contributed by atoms with Crippen molar-refractivity contribution in [3.63, 3.8) is 0 Å². The van der Waals surface area contributed by atoms with Crippen LogP contribution in [0.2, 0.25) is 0 Å². The number of rotatable bonds is 7. The second-order valence-electron chi connectivity index (χ2n) is 7.21. The van der Waals surface area contributed by atoms with Crippen molar-refractivity contribution in [2.24, 2.45) is 11.0 Å². The third-order valence-corrected chi connectivity index (χ3v) is 4.79. The summed E-state index contributed by atoms with van der Waals surface area (Å²) in [6.45, 7) is 4.61. The van der Waals surface area contributed by atoms with Gasteiger partial charge in [-0.2, -0.15) is 0 Å². The average Bonchev–Trinajstić information content (AvgIpc) is 2.98. The summed E-state index contributed by atoms with van der Waals surface area (Å²) in [4.78, 5) is 15.1. The van der Waals surface area contributed by atoms with Crippen LogP contribution in [0.3, 0.4) is 0 Å². The molecule has 0 spiro atoms. The maximum absolute atomic E-state index is 12.3. The SMILES string of the molecule is CC(C)C[C@@H](CN=[N+]=[N-])NC(=O)OCC1c2ccccc2-c2ccccc21. The van der Waals surface area contributed by atoms with Crippen LogP contribution in [0.1, 0.15) is 37.3 Å². The van der Waals surface area contributed by atoms with Crippen molar-refractivity contribution in [3.05, 3.63) is 70.1 Å². The molecule has 2 aromatic rings. The van der Waals surface area contributed by atoms with Crippen LogP contribution >= 0.6 is 0 Å². The fraction of sp³-hybridized carbons (Fsp3) is 0.381. The Hall–Kier alpha value is -2.98. The van der Waals surface area contributed by atoms with Gasteiger partial charge in [-0.3, -0.25) is 0 Å². The molecule has 0 heterocycles. The van der Waals surface area contributed by atoms with Gasteiger partial charge in [0.2, 0.25) is 0 Å². The molecule has 0 saturated heterocycles. The predicted molar refractivity (Wildman–Crippen MR) is 105 cm³/mol. The number of nitrogens with one attached hydrogen (secondary N) is 1. The Labute approximate surface area is 159 Å². The third kappa shape index (κ3) is 4.41. The second kappa shape index (κ2) is 8.60. The normalized spacial score (nSPS) is 13.4. The van der Waals surface area contributed by atoms with Crippen LogP contribution in [0, 0.1) is 5.92 Å². The monoisotopic (exact) mass is 364 g/mol. The number of hydrogen-bond donors (Lipinski definition) is 1. The number of fused-ring (bicyclic) bond motifs is 3. The summed E-state index contributed by atoms with van der Waals surface area (Å²) >= 11 is 0. The molecule has 3 rings (SSSR count). The molecule has 2 aromatic carbocycles. The zero-order valence-electron chi connectivity index (χ0n) is 15.6. The van der Waals surface area contributed by atoms with Crippen molar-refractivity contribution in [2.75, 3.05) is 13.2 Å². The van der Waals surface area contributed by atoms with Gasteiger partial charge in [0, 0.05) is 23.4 Å². The number of amides is 1. The van der Waals surface area contributed by atoms with E-state index in [0.717, 1.165) is 6.42 Å². The van der Waals surface area contributed by atoms with Crippen LogP contribution < -0.4 is 5.32 Å². The summed E-state index contributed by atoms with van der Waals surface area (Å²) in [6.07, 6.45) is 0.249. The third-order valence-electron chi connectivity index (χ3n) is 4.79. The van der Waals surface area contributed by atoms with Crippen LogP contribution in [0.15, 0.2) is 53.6 Å². The van der Waals surface area contributed by atoms with E-state index in [2.05, 4.69) is 53.5 Å². The molecule has 1 atom stereocenters. The molecule has 0 bridgehead atoms. The first-order chi connectivity index (χ1) is 13.1. The van der Waals surface area contributed by atoms with Gasteiger partial charge in [-0.25, -0.2) is 4.79 Å². The fourth-order valence-corrected chi connectivity index (χ4v) is 3.69. The highest BCUT2D eigenvalue weighted by atomic mass is 16.5. The van der Waals surface area contributed by atoms with Gasteiger partial charge in [0.1, 0.15) is 6.61 Å². The van der Waals surface area contributed by atoms with Gasteiger partial charge >= 0.3 is 6.09 Å². The van der Waals surface area contributed by atoms with E-state index in [4.69, 9.17) is 10.3 Å². The second-order valence-corrected chi connectivity index (χ2v) is 7.21. The van der Waals surface area contributed by atoms with Gasteiger partial charge in [-0.15, -0.1) is 0 Å². The first kappa shape index (κ1) is 18.8. The summed E-state index contributed by atoms with van der Waals surface area (Å²) in [5, 5.41) is 6.41. The Morgan fingerprint density at radius 2 is 1.74 bits per heavy atom. The smallest absolute Gasteiger partial charge is 0.407 e. The lowest BCUT2D eigenvalue weighted by molar-refractivity contribution is 0.138. The van der Waals surface area contributed by atoms with Gasteiger partial charge < -0.3 is 10.1 Å². The molecule has 0 unspecified atom stereocenters. The molecule has 27 heavy (non-hydrogen) atoms. The lowest BCUT2D eigenvalue weighted by atomic mass is 9.98. The molecule has 6 nitrogen and oxygen atoms in total. The van der Waals surface area contributed by atoms with E-state index >= 15 is 0 Å². The lowest BCUT2D eigenvalue weighted by Gasteiger charge is -2.20. The number of nitrogens with zero attached hydrogens (tertiary/aromatic N) is 3. The van der Waals surface area contributed by atoms with Crippen molar-refractivity contribution in [1.29, 1.82) is 0 Å². The molecule has 0 fully saturated rings. The van der Waals surface area contributed by atoms with Gasteiger partial charge in [-0.05, 0) is 40.1 Å². The van der Waals surface area contributed by atoms with E-state index in [1.807, 2.05) is 24.3 Å². The molecule has 1 N–H and O–H groups in total. The standard InChI is InChI=1S/C21H24N4O2/c1-14(2)11-15(12-23-25-22)24-21(26)27-13-20-18-9-5-3-7-16(18)17-8-4-6-10-19(17)20/h3-10,14-15,20H,11-13H2,1-2H3,(H,24,26)/t15-/m0/s1. The van der Waals surface area contributed by atoms with Gasteiger partial charge in [0.15, 0.2) is 0 Å². The van der Waals surface area contributed by atoms with E-state index in [1.165, 1.54) is 22.3 Å². The average molecular weight is 364 g/mol. The van der Waals surface area contributed by atoms with Gasteiger partial charge in [0.25, 0.3) is 0 Å². The van der Waals surface area contributed by atoms with E-state index in [-0.39, 0.29) is 25.1 Å². The summed E-state index contributed by atoms with van der Waals surface area (Å²) in [5.41, 5.74) is 13.3. The first-order valence-corrected chi connectivity index (χ1v) is 9.22. The van der Waals surface area contributed by atoms with E-state index in [1.54, 1.807) is 0 Å². The topological polar surface area (TPSA) is 87.1 Å². The molecule has 1 amide bonds. The summed E-state index contributed by atoms with van der Waals surface area (Å²) in [5.74, 6) is 0.404. The van der Waals surface area contributed by atoms with Crippen molar-refractivity contribution in [3.8, 4) is 11.1 Å². The summed E-state index contributed by atoms with van der Waals surface area (Å²) in [7, 11) is 0. The number of azide groups is 1. The van der Waals surface area contributed by atoms with Crippen molar-refractivity contribution < 1.29 is 9.53 Å². The molecular formula is C21H24N4O2. The zero-order chi connectivity index (χ0) is 19.2. The Bertz CT molecular complexity index is 813. The van der Waals surface area contributed by atoms with Crippen LogP contribution in [-0.4, -0.2) is 25.3 Å². The van der Waals surface area contributed by atoms with Gasteiger partial charge in [-0.1, -0.05) is 67.5 Å². The summed E-state index contributed by atoms with van der Waals surface area (Å²) in [6, 6.07) is 16.2. The zero-order valence-corrected chi connectivity index (χ0v) is 15.6. The summed E-state index contributed by atoms with van der Waals surface area (Å²) < 4.78 is 5.55. The highest BCUT2D eigenvalue weighted by Gasteiger charge is 2.29. The number of carbonyl (C=O) groups is 1. The number of hydrogen-bond acceptors (Lipinski definition) is 3. The number of benzene rings is 2. The molecule has 0 radical (unpaired) electrons.